The summed E-state index contributed by atoms with van der Waals surface area (Å²) in [7, 11) is 0. The summed E-state index contributed by atoms with van der Waals surface area (Å²) in [5.41, 5.74) is 4.32. The van der Waals surface area contributed by atoms with E-state index in [4.69, 9.17) is 4.42 Å². The molecule has 0 saturated heterocycles. The number of carbonyl (C=O) groups is 2. The van der Waals surface area contributed by atoms with Gasteiger partial charge in [-0.15, -0.1) is 10.2 Å². The van der Waals surface area contributed by atoms with E-state index in [9.17, 15) is 9.59 Å². The summed E-state index contributed by atoms with van der Waals surface area (Å²) in [6.45, 7) is 5.46. The number of anilines is 1. The van der Waals surface area contributed by atoms with Gasteiger partial charge in [0.05, 0.1) is 5.75 Å². The summed E-state index contributed by atoms with van der Waals surface area (Å²) in [6.07, 6.45) is 0. The van der Waals surface area contributed by atoms with Crippen LogP contribution in [0.15, 0.2) is 52.1 Å². The fourth-order valence-corrected chi connectivity index (χ4v) is 3.29. The summed E-state index contributed by atoms with van der Waals surface area (Å²) < 4.78 is 5.67. The first-order valence-corrected chi connectivity index (χ1v) is 9.35. The quantitative estimate of drug-likeness (QED) is 0.506. The Morgan fingerprint density at radius 3 is 2.33 bits per heavy atom. The zero-order chi connectivity index (χ0) is 19.4. The van der Waals surface area contributed by atoms with Crippen molar-refractivity contribution in [2.45, 2.75) is 26.0 Å². The molecule has 0 saturated carbocycles. The van der Waals surface area contributed by atoms with Gasteiger partial charge in [-0.2, -0.15) is 0 Å². The maximum atomic E-state index is 12.3. The highest BCUT2D eigenvalue weighted by atomic mass is 32.2. The van der Waals surface area contributed by atoms with Gasteiger partial charge < -0.3 is 9.73 Å². The minimum absolute atomic E-state index is 0.0551. The van der Waals surface area contributed by atoms with Crippen molar-refractivity contribution >= 4 is 29.1 Å². The number of amides is 1. The number of nitrogens with zero attached hydrogens (tertiary/aromatic N) is 2. The molecule has 2 aromatic carbocycles. The minimum Gasteiger partial charge on any atom is -0.411 e. The van der Waals surface area contributed by atoms with Gasteiger partial charge in [0.1, 0.15) is 0 Å². The van der Waals surface area contributed by atoms with Gasteiger partial charge in [-0.3, -0.25) is 9.59 Å². The lowest BCUT2D eigenvalue weighted by Crippen LogP contribution is -2.07. The molecule has 7 heteroatoms. The largest absolute Gasteiger partial charge is 0.411 e. The van der Waals surface area contributed by atoms with Crippen molar-refractivity contribution in [3.05, 3.63) is 59.2 Å². The molecule has 1 N–H and O–H groups in total. The van der Waals surface area contributed by atoms with Gasteiger partial charge in [0, 0.05) is 23.7 Å². The molecule has 0 bridgehead atoms. The molecule has 1 amide bonds. The first-order valence-electron chi connectivity index (χ1n) is 8.36. The zero-order valence-electron chi connectivity index (χ0n) is 15.3. The van der Waals surface area contributed by atoms with E-state index in [2.05, 4.69) is 21.6 Å². The van der Waals surface area contributed by atoms with E-state index in [0.29, 0.717) is 22.4 Å². The second-order valence-electron chi connectivity index (χ2n) is 6.22. The molecule has 0 radical (unpaired) electrons. The van der Waals surface area contributed by atoms with Crippen LogP contribution in [0, 0.1) is 13.8 Å². The monoisotopic (exact) mass is 381 g/mol. The van der Waals surface area contributed by atoms with Crippen molar-refractivity contribution in [3.8, 4) is 11.5 Å². The Morgan fingerprint density at radius 1 is 1.04 bits per heavy atom. The second kappa shape index (κ2) is 8.18. The first-order chi connectivity index (χ1) is 12.9. The number of aromatic nitrogens is 2. The Morgan fingerprint density at radius 2 is 1.70 bits per heavy atom. The highest BCUT2D eigenvalue weighted by Crippen LogP contribution is 2.25. The van der Waals surface area contributed by atoms with Gasteiger partial charge in [0.15, 0.2) is 5.78 Å². The van der Waals surface area contributed by atoms with Crippen molar-refractivity contribution in [1.29, 1.82) is 0 Å². The Balaban J connectivity index is 1.62. The Kier molecular flexibility index (Phi) is 5.71. The minimum atomic E-state index is -0.152. The average Bonchev–Trinajstić information content (AvgIpc) is 3.08. The van der Waals surface area contributed by atoms with E-state index in [1.807, 2.05) is 26.0 Å². The van der Waals surface area contributed by atoms with Crippen LogP contribution in [0.4, 0.5) is 5.69 Å². The molecular formula is C20H19N3O3S. The predicted molar refractivity (Wildman–Crippen MR) is 105 cm³/mol. The Hall–Kier alpha value is -2.93. The zero-order valence-corrected chi connectivity index (χ0v) is 16.1. The van der Waals surface area contributed by atoms with Gasteiger partial charge >= 0.3 is 0 Å². The van der Waals surface area contributed by atoms with Crippen LogP contribution in [-0.4, -0.2) is 27.6 Å². The highest BCUT2D eigenvalue weighted by Gasteiger charge is 2.13. The van der Waals surface area contributed by atoms with E-state index >= 15 is 0 Å². The van der Waals surface area contributed by atoms with Crippen molar-refractivity contribution in [3.63, 3.8) is 0 Å². The molecule has 0 unspecified atom stereocenters. The molecule has 0 atom stereocenters. The van der Waals surface area contributed by atoms with E-state index in [1.54, 1.807) is 24.3 Å². The van der Waals surface area contributed by atoms with Crippen LogP contribution in [-0.2, 0) is 4.79 Å². The number of thioether (sulfide) groups is 1. The number of nitrogens with one attached hydrogen (secondary N) is 1. The average molecular weight is 381 g/mol. The number of Topliss-reactive ketones (excluding diaryl/α,β-unsaturated/α-hetero) is 1. The fourth-order valence-electron chi connectivity index (χ4n) is 2.64. The van der Waals surface area contributed by atoms with Crippen LogP contribution in [0.1, 0.15) is 28.4 Å². The number of carbonyl (C=O) groups excluding carboxylic acids is 2. The lowest BCUT2D eigenvalue weighted by atomic mass is 10.1. The molecule has 138 valence electrons. The summed E-state index contributed by atoms with van der Waals surface area (Å²) in [5.74, 6) is 0.422. The Labute approximate surface area is 161 Å². The third kappa shape index (κ3) is 5.04. The third-order valence-corrected chi connectivity index (χ3v) is 4.55. The van der Waals surface area contributed by atoms with E-state index in [1.165, 1.54) is 18.7 Å². The Bertz CT molecular complexity index is 960. The maximum Gasteiger partial charge on any atom is 0.277 e. The van der Waals surface area contributed by atoms with Crippen LogP contribution in [0.25, 0.3) is 11.5 Å². The van der Waals surface area contributed by atoms with Crippen LogP contribution in [0.2, 0.25) is 0 Å². The third-order valence-electron chi connectivity index (χ3n) is 3.73. The highest BCUT2D eigenvalue weighted by molar-refractivity contribution is 7.99. The van der Waals surface area contributed by atoms with Crippen LogP contribution in [0.5, 0.6) is 0 Å². The van der Waals surface area contributed by atoms with E-state index in [-0.39, 0.29) is 17.4 Å². The number of rotatable bonds is 6. The number of benzene rings is 2. The standard InChI is InChI=1S/C20H19N3O3S/c1-12-8-13(2)10-16(9-12)19-22-23-20(26-19)27-11-18(25)15-4-6-17(7-5-15)21-14(3)24/h4-10H,11H2,1-3H3,(H,21,24). The van der Waals surface area contributed by atoms with Gasteiger partial charge in [-0.25, -0.2) is 0 Å². The van der Waals surface area contributed by atoms with Gasteiger partial charge in [0.25, 0.3) is 5.22 Å². The van der Waals surface area contributed by atoms with Crippen molar-refractivity contribution < 1.29 is 14.0 Å². The van der Waals surface area contributed by atoms with Crippen molar-refractivity contribution in [1.82, 2.24) is 10.2 Å². The molecule has 1 heterocycles. The summed E-state index contributed by atoms with van der Waals surface area (Å²) in [6, 6.07) is 12.8. The smallest absolute Gasteiger partial charge is 0.277 e. The molecule has 0 aliphatic heterocycles. The molecule has 27 heavy (non-hydrogen) atoms. The second-order valence-corrected chi connectivity index (χ2v) is 7.15. The lowest BCUT2D eigenvalue weighted by Gasteiger charge is -2.03. The van der Waals surface area contributed by atoms with E-state index < -0.39 is 0 Å². The SMILES string of the molecule is CC(=O)Nc1ccc(C(=O)CSc2nnc(-c3cc(C)cc(C)c3)o2)cc1. The molecule has 0 aliphatic carbocycles. The van der Waals surface area contributed by atoms with Crippen LogP contribution >= 0.6 is 11.8 Å². The molecule has 3 aromatic rings. The molecule has 6 nitrogen and oxygen atoms in total. The van der Waals surface area contributed by atoms with Gasteiger partial charge in [0.2, 0.25) is 11.8 Å². The molecule has 1 aromatic heterocycles. The number of hydrogen-bond donors (Lipinski definition) is 1. The van der Waals surface area contributed by atoms with Gasteiger partial charge in [-0.1, -0.05) is 29.0 Å². The summed E-state index contributed by atoms with van der Waals surface area (Å²) >= 11 is 1.20. The molecule has 3 rings (SSSR count). The molecule has 0 fully saturated rings. The number of ketones is 1. The molecule has 0 spiro atoms. The van der Waals surface area contributed by atoms with Gasteiger partial charge in [-0.05, 0) is 50.2 Å². The lowest BCUT2D eigenvalue weighted by molar-refractivity contribution is -0.114. The number of hydrogen-bond acceptors (Lipinski definition) is 6. The summed E-state index contributed by atoms with van der Waals surface area (Å²) in [5, 5.41) is 11.1. The topological polar surface area (TPSA) is 85.1 Å². The number of aryl methyl sites for hydroxylation is 2. The summed E-state index contributed by atoms with van der Waals surface area (Å²) in [4.78, 5) is 23.3. The molecular weight excluding hydrogens is 362 g/mol. The normalized spacial score (nSPS) is 10.6. The van der Waals surface area contributed by atoms with E-state index in [0.717, 1.165) is 16.7 Å². The first kappa shape index (κ1) is 18.8. The fraction of sp³-hybridized carbons (Fsp3) is 0.200. The van der Waals surface area contributed by atoms with Crippen LogP contribution in [0.3, 0.4) is 0 Å². The maximum absolute atomic E-state index is 12.3. The van der Waals surface area contributed by atoms with Crippen molar-refractivity contribution in [2.75, 3.05) is 11.1 Å². The van der Waals surface area contributed by atoms with Crippen molar-refractivity contribution in [2.24, 2.45) is 0 Å². The van der Waals surface area contributed by atoms with Crippen LogP contribution < -0.4 is 5.32 Å². The predicted octanol–water partition coefficient (Wildman–Crippen LogP) is 4.29. The molecule has 0 aliphatic rings.